The second-order valence-electron chi connectivity index (χ2n) is 3.28. The molecule has 123 valence electrons. The molecule has 20 heavy (non-hydrogen) atoms. The van der Waals surface area contributed by atoms with Gasteiger partial charge in [-0.2, -0.15) is 0 Å². The van der Waals surface area contributed by atoms with Gasteiger partial charge in [-0.3, -0.25) is 8.42 Å². The fourth-order valence-electron chi connectivity index (χ4n) is 1.32. The molecule has 0 aliphatic rings. The van der Waals surface area contributed by atoms with E-state index in [2.05, 4.69) is 0 Å². The third-order valence-corrected chi connectivity index (χ3v) is 4.93. The quantitative estimate of drug-likeness (QED) is 0.341. The Balaban J connectivity index is -0.000000414. The Bertz CT molecular complexity index is 280. The molecular formula is C9H23MnNO7SSi. The Hall–Kier alpha value is 0.446. The predicted octanol–water partition coefficient (Wildman–Crippen LogP) is 0.0431. The zero-order valence-electron chi connectivity index (χ0n) is 12.0. The van der Waals surface area contributed by atoms with Crippen LogP contribution in [0.5, 0.6) is 0 Å². The van der Waals surface area contributed by atoms with E-state index in [9.17, 15) is 0 Å². The van der Waals surface area contributed by atoms with Crippen LogP contribution in [-0.4, -0.2) is 52.7 Å². The molecule has 0 aliphatic heterocycles. The fraction of sp³-hybridized carbons (Fsp3) is 1.00. The first kappa shape index (κ1) is 25.4. The summed E-state index contributed by atoms with van der Waals surface area (Å²) in [5.41, 5.74) is 5.48. The molecule has 0 fully saturated rings. The Labute approximate surface area is 132 Å². The summed E-state index contributed by atoms with van der Waals surface area (Å²) in [4.78, 5) is 0. The molecular weight excluding hydrogens is 349 g/mol. The van der Waals surface area contributed by atoms with Crippen LogP contribution >= 0.6 is 0 Å². The second kappa shape index (κ2) is 14.4. The van der Waals surface area contributed by atoms with Crippen LogP contribution in [0.25, 0.3) is 0 Å². The number of rotatable bonds is 9. The summed E-state index contributed by atoms with van der Waals surface area (Å²) < 4.78 is 51.0. The van der Waals surface area contributed by atoms with Crippen LogP contribution < -0.4 is 5.73 Å². The van der Waals surface area contributed by atoms with Gasteiger partial charge in [0.25, 0.3) is 0 Å². The molecule has 0 saturated carbocycles. The topological polar surface area (TPSA) is 134 Å². The minimum atomic E-state index is -5.17. The molecule has 0 unspecified atom stereocenters. The van der Waals surface area contributed by atoms with E-state index in [1.807, 2.05) is 20.8 Å². The van der Waals surface area contributed by atoms with Crippen LogP contribution in [0.4, 0.5) is 0 Å². The van der Waals surface area contributed by atoms with Crippen LogP contribution in [0.1, 0.15) is 27.2 Å². The summed E-state index contributed by atoms with van der Waals surface area (Å²) in [7, 11) is -7.56. The predicted molar refractivity (Wildman–Crippen MR) is 69.6 cm³/mol. The van der Waals surface area contributed by atoms with E-state index >= 15 is 0 Å². The van der Waals surface area contributed by atoms with Crippen LogP contribution in [0.3, 0.4) is 0 Å². The van der Waals surface area contributed by atoms with E-state index in [0.29, 0.717) is 26.4 Å². The summed E-state index contributed by atoms with van der Waals surface area (Å²) >= 11 is 0. The van der Waals surface area contributed by atoms with Crippen molar-refractivity contribution in [3.8, 4) is 0 Å². The van der Waals surface area contributed by atoms with Gasteiger partial charge >= 0.3 is 25.9 Å². The molecule has 0 aromatic heterocycles. The Morgan fingerprint density at radius 1 is 1.00 bits per heavy atom. The Kier molecular flexibility index (Phi) is 18.3. The van der Waals surface area contributed by atoms with Crippen molar-refractivity contribution in [2.24, 2.45) is 5.73 Å². The zero-order chi connectivity index (χ0) is 15.4. The first-order valence-corrected chi connectivity index (χ1v) is 9.29. The van der Waals surface area contributed by atoms with Gasteiger partial charge < -0.3 is 28.1 Å². The van der Waals surface area contributed by atoms with Gasteiger partial charge in [-0.1, -0.05) is 0 Å². The van der Waals surface area contributed by atoms with E-state index in [1.54, 1.807) is 0 Å². The van der Waals surface area contributed by atoms with Crippen LogP contribution in [0.2, 0.25) is 6.04 Å². The monoisotopic (exact) mass is 372 g/mol. The van der Waals surface area contributed by atoms with E-state index in [4.69, 9.17) is 36.5 Å². The van der Waals surface area contributed by atoms with Crippen LogP contribution in [-0.2, 0) is 40.7 Å². The number of nitrogens with two attached hydrogens (primary N) is 1. The smallest absolute Gasteiger partial charge is 0.759 e. The van der Waals surface area contributed by atoms with Gasteiger partial charge in [0.2, 0.25) is 0 Å². The van der Waals surface area contributed by atoms with Crippen molar-refractivity contribution in [1.82, 2.24) is 0 Å². The SMILES string of the molecule is CCO[Si](CCCN)(OCC)OCC.O=S(=O)([O-])[O-].[Mn+2]. The van der Waals surface area contributed by atoms with Crippen molar-refractivity contribution in [3.63, 3.8) is 0 Å². The van der Waals surface area contributed by atoms with Crippen molar-refractivity contribution in [3.05, 3.63) is 0 Å². The summed E-state index contributed by atoms with van der Waals surface area (Å²) in [5, 5.41) is 0. The van der Waals surface area contributed by atoms with Crippen molar-refractivity contribution >= 4 is 19.2 Å². The Morgan fingerprint density at radius 3 is 1.50 bits per heavy atom. The molecule has 0 heterocycles. The normalized spacial score (nSPS) is 11.3. The standard InChI is InChI=1S/C9H23NO3Si.Mn.H2O4S/c1-4-11-14(12-5-2,13-6-3)9-7-8-10;;1-5(2,3)4/h4-10H2,1-3H3;;(H2,1,2,3,4)/q;+2;/p-2. The molecule has 0 spiro atoms. The van der Waals surface area contributed by atoms with E-state index < -0.39 is 19.2 Å². The maximum absolute atomic E-state index is 8.52. The van der Waals surface area contributed by atoms with Gasteiger partial charge in [0.1, 0.15) is 0 Å². The average Bonchev–Trinajstić information content (AvgIpc) is 2.25. The molecule has 0 aromatic carbocycles. The number of hydrogen-bond acceptors (Lipinski definition) is 8. The first-order valence-electron chi connectivity index (χ1n) is 6.03. The zero-order valence-corrected chi connectivity index (χ0v) is 15.0. The van der Waals surface area contributed by atoms with E-state index in [-0.39, 0.29) is 17.1 Å². The minimum Gasteiger partial charge on any atom is -0.759 e. The van der Waals surface area contributed by atoms with Gasteiger partial charge in [0, 0.05) is 36.3 Å². The second-order valence-corrected chi connectivity index (χ2v) is 6.83. The maximum atomic E-state index is 8.52. The average molecular weight is 372 g/mol. The third-order valence-electron chi connectivity index (χ3n) is 1.78. The van der Waals surface area contributed by atoms with E-state index in [1.165, 1.54) is 0 Å². The van der Waals surface area contributed by atoms with E-state index in [0.717, 1.165) is 12.5 Å². The summed E-state index contributed by atoms with van der Waals surface area (Å²) in [6.45, 7) is 8.44. The summed E-state index contributed by atoms with van der Waals surface area (Å²) in [6, 6.07) is 0.818. The van der Waals surface area contributed by atoms with Gasteiger partial charge in [-0.25, -0.2) is 0 Å². The van der Waals surface area contributed by atoms with Crippen molar-refractivity contribution < 1.29 is 47.9 Å². The molecule has 0 amide bonds. The maximum Gasteiger partial charge on any atom is 2.00 e. The van der Waals surface area contributed by atoms with Crippen molar-refractivity contribution in [1.29, 1.82) is 0 Å². The van der Waals surface area contributed by atoms with Gasteiger partial charge in [0.15, 0.2) is 0 Å². The molecule has 0 aliphatic carbocycles. The minimum absolute atomic E-state index is 0. The van der Waals surface area contributed by atoms with Crippen LogP contribution in [0, 0.1) is 0 Å². The van der Waals surface area contributed by atoms with Crippen molar-refractivity contribution in [2.45, 2.75) is 33.2 Å². The van der Waals surface area contributed by atoms with Gasteiger partial charge in [-0.05, 0) is 33.7 Å². The van der Waals surface area contributed by atoms with Gasteiger partial charge in [-0.15, -0.1) is 0 Å². The summed E-state index contributed by atoms with van der Waals surface area (Å²) in [6.07, 6.45) is 0.895. The molecule has 1 radical (unpaired) electrons. The molecule has 8 nitrogen and oxygen atoms in total. The fourth-order valence-corrected chi connectivity index (χ4v) is 3.96. The molecule has 0 atom stereocenters. The molecule has 0 rings (SSSR count). The van der Waals surface area contributed by atoms with Crippen molar-refractivity contribution in [2.75, 3.05) is 26.4 Å². The van der Waals surface area contributed by atoms with Crippen LogP contribution in [0.15, 0.2) is 0 Å². The molecule has 0 bridgehead atoms. The number of hydrogen-bond donors (Lipinski definition) is 1. The third kappa shape index (κ3) is 18.4. The Morgan fingerprint density at radius 2 is 1.30 bits per heavy atom. The molecule has 11 heteroatoms. The first-order chi connectivity index (χ1) is 8.74. The largest absolute Gasteiger partial charge is 2.00 e. The summed E-state index contributed by atoms with van der Waals surface area (Å²) in [5.74, 6) is 0. The van der Waals surface area contributed by atoms with Gasteiger partial charge in [0.05, 0.1) is 0 Å². The molecule has 2 N–H and O–H groups in total. The molecule has 0 saturated heterocycles. The molecule has 0 aromatic rings.